The minimum atomic E-state index is -0.284. The lowest BCUT2D eigenvalue weighted by atomic mass is 10.0. The fourth-order valence-corrected chi connectivity index (χ4v) is 3.86. The standard InChI is InChI=1S/C28H21NO4/c1-3-8-19-13-18(14-24-26(30)22-11-6-7-12-23(22)27(24)31)15-25(32-2)28(19)33-17-21-10-5-4-9-20(21)16-29/h3-7,9-15H,1,8,17H2,2H3. The first-order valence-electron chi connectivity index (χ1n) is 10.4. The van der Waals surface area contributed by atoms with Crippen LogP contribution < -0.4 is 9.47 Å². The highest BCUT2D eigenvalue weighted by atomic mass is 16.5. The van der Waals surface area contributed by atoms with Crippen LogP contribution in [0.2, 0.25) is 0 Å². The van der Waals surface area contributed by atoms with E-state index in [-0.39, 0.29) is 23.7 Å². The van der Waals surface area contributed by atoms with Crippen molar-refractivity contribution in [3.05, 3.63) is 112 Å². The lowest BCUT2D eigenvalue weighted by molar-refractivity contribution is 0.0990. The van der Waals surface area contributed by atoms with Gasteiger partial charge in [0.1, 0.15) is 6.61 Å². The first kappa shape index (κ1) is 21.8. The second kappa shape index (κ2) is 9.37. The molecule has 4 rings (SSSR count). The van der Waals surface area contributed by atoms with Crippen LogP contribution in [0.3, 0.4) is 0 Å². The monoisotopic (exact) mass is 435 g/mol. The number of methoxy groups -OCH3 is 1. The van der Waals surface area contributed by atoms with Crippen LogP contribution in [0.5, 0.6) is 11.5 Å². The van der Waals surface area contributed by atoms with Gasteiger partial charge < -0.3 is 9.47 Å². The molecule has 1 aliphatic rings. The minimum Gasteiger partial charge on any atom is -0.493 e. The molecule has 33 heavy (non-hydrogen) atoms. The molecule has 0 radical (unpaired) electrons. The van der Waals surface area contributed by atoms with E-state index in [9.17, 15) is 14.9 Å². The van der Waals surface area contributed by atoms with Crippen molar-refractivity contribution in [2.24, 2.45) is 0 Å². The summed E-state index contributed by atoms with van der Waals surface area (Å²) in [6.45, 7) is 4.01. The summed E-state index contributed by atoms with van der Waals surface area (Å²) in [5.41, 5.74) is 3.71. The van der Waals surface area contributed by atoms with Crippen LogP contribution in [0.25, 0.3) is 6.08 Å². The maximum absolute atomic E-state index is 12.8. The predicted molar refractivity (Wildman–Crippen MR) is 125 cm³/mol. The Morgan fingerprint density at radius 2 is 1.64 bits per heavy atom. The van der Waals surface area contributed by atoms with Crippen LogP contribution in [-0.2, 0) is 13.0 Å². The highest BCUT2D eigenvalue weighted by Crippen LogP contribution is 2.36. The maximum atomic E-state index is 12.8. The van der Waals surface area contributed by atoms with E-state index in [1.807, 2.05) is 18.2 Å². The lowest BCUT2D eigenvalue weighted by Crippen LogP contribution is -2.04. The van der Waals surface area contributed by atoms with E-state index < -0.39 is 0 Å². The zero-order valence-corrected chi connectivity index (χ0v) is 18.1. The Balaban J connectivity index is 1.71. The van der Waals surface area contributed by atoms with Crippen molar-refractivity contribution < 1.29 is 19.1 Å². The van der Waals surface area contributed by atoms with Gasteiger partial charge in [0.05, 0.1) is 24.3 Å². The second-order valence-electron chi connectivity index (χ2n) is 7.52. The Bertz CT molecular complexity index is 1310. The molecular weight excluding hydrogens is 414 g/mol. The average molecular weight is 435 g/mol. The molecule has 1 aliphatic carbocycles. The van der Waals surface area contributed by atoms with Crippen LogP contribution in [0.1, 0.15) is 43.0 Å². The van der Waals surface area contributed by atoms with Gasteiger partial charge in [0, 0.05) is 22.3 Å². The summed E-state index contributed by atoms with van der Waals surface area (Å²) >= 11 is 0. The number of carbonyl (C=O) groups is 2. The number of hydrogen-bond donors (Lipinski definition) is 0. The number of Topliss-reactive ketones (excluding diaryl/α,β-unsaturated/α-hetero) is 2. The molecule has 0 atom stereocenters. The molecule has 5 heteroatoms. The number of hydrogen-bond acceptors (Lipinski definition) is 5. The van der Waals surface area contributed by atoms with Crippen molar-refractivity contribution >= 4 is 17.6 Å². The third-order valence-corrected chi connectivity index (χ3v) is 5.46. The molecule has 0 unspecified atom stereocenters. The second-order valence-corrected chi connectivity index (χ2v) is 7.52. The Morgan fingerprint density at radius 1 is 0.970 bits per heavy atom. The molecule has 0 N–H and O–H groups in total. The zero-order chi connectivity index (χ0) is 23.4. The van der Waals surface area contributed by atoms with Gasteiger partial charge in [-0.05, 0) is 36.3 Å². The Labute approximate surface area is 192 Å². The molecule has 0 aromatic heterocycles. The molecule has 0 fully saturated rings. The van der Waals surface area contributed by atoms with Gasteiger partial charge in [-0.25, -0.2) is 0 Å². The molecule has 5 nitrogen and oxygen atoms in total. The van der Waals surface area contributed by atoms with Crippen molar-refractivity contribution in [2.75, 3.05) is 7.11 Å². The number of ketones is 2. The number of rotatable bonds is 7. The number of benzene rings is 3. The molecule has 0 aliphatic heterocycles. The van der Waals surface area contributed by atoms with Gasteiger partial charge in [-0.15, -0.1) is 6.58 Å². The fourth-order valence-electron chi connectivity index (χ4n) is 3.86. The normalized spacial score (nSPS) is 12.2. The van der Waals surface area contributed by atoms with Crippen LogP contribution in [-0.4, -0.2) is 18.7 Å². The lowest BCUT2D eigenvalue weighted by Gasteiger charge is -2.16. The molecule has 0 amide bonds. The summed E-state index contributed by atoms with van der Waals surface area (Å²) in [4.78, 5) is 25.6. The molecule has 3 aromatic rings. The van der Waals surface area contributed by atoms with Crippen LogP contribution in [0, 0.1) is 11.3 Å². The molecule has 162 valence electrons. The van der Waals surface area contributed by atoms with Gasteiger partial charge in [-0.2, -0.15) is 5.26 Å². The fraction of sp³-hybridized carbons (Fsp3) is 0.107. The minimum absolute atomic E-state index is 0.124. The molecule has 0 bridgehead atoms. The Hall–Kier alpha value is -4.43. The summed E-state index contributed by atoms with van der Waals surface area (Å²) in [6, 6.07) is 19.8. The summed E-state index contributed by atoms with van der Waals surface area (Å²) < 4.78 is 11.7. The zero-order valence-electron chi connectivity index (χ0n) is 18.1. The third kappa shape index (κ3) is 4.19. The maximum Gasteiger partial charge on any atom is 0.197 e. The number of carbonyl (C=O) groups excluding carboxylic acids is 2. The largest absolute Gasteiger partial charge is 0.493 e. The quantitative estimate of drug-likeness (QED) is 0.285. The van der Waals surface area contributed by atoms with E-state index in [0.29, 0.717) is 40.2 Å². The van der Waals surface area contributed by atoms with Gasteiger partial charge in [0.2, 0.25) is 0 Å². The SMILES string of the molecule is C=CCc1cc(C=C2C(=O)c3ccccc3C2=O)cc(OC)c1OCc1ccccc1C#N. The molecular formula is C28H21NO4. The van der Waals surface area contributed by atoms with Crippen molar-refractivity contribution in [1.82, 2.24) is 0 Å². The predicted octanol–water partition coefficient (Wildman–Crippen LogP) is 5.34. The first-order chi connectivity index (χ1) is 16.1. The van der Waals surface area contributed by atoms with Gasteiger partial charge in [-0.3, -0.25) is 9.59 Å². The summed E-state index contributed by atoms with van der Waals surface area (Å²) in [7, 11) is 1.53. The van der Waals surface area contributed by atoms with Gasteiger partial charge in [0.15, 0.2) is 23.1 Å². The number of nitrogens with zero attached hydrogens (tertiary/aromatic N) is 1. The topological polar surface area (TPSA) is 76.4 Å². The van der Waals surface area contributed by atoms with Gasteiger partial charge in [-0.1, -0.05) is 48.5 Å². The molecule has 0 heterocycles. The van der Waals surface area contributed by atoms with E-state index in [0.717, 1.165) is 11.1 Å². The number of ether oxygens (including phenoxy) is 2. The number of fused-ring (bicyclic) bond motifs is 1. The van der Waals surface area contributed by atoms with Crippen LogP contribution in [0.15, 0.2) is 78.9 Å². The molecule has 0 saturated carbocycles. The van der Waals surface area contributed by atoms with E-state index in [4.69, 9.17) is 9.47 Å². The van der Waals surface area contributed by atoms with E-state index in [2.05, 4.69) is 12.6 Å². The van der Waals surface area contributed by atoms with Crippen molar-refractivity contribution in [3.8, 4) is 17.6 Å². The van der Waals surface area contributed by atoms with Crippen LogP contribution >= 0.6 is 0 Å². The van der Waals surface area contributed by atoms with Crippen LogP contribution in [0.4, 0.5) is 0 Å². The van der Waals surface area contributed by atoms with Crippen molar-refractivity contribution in [3.63, 3.8) is 0 Å². The van der Waals surface area contributed by atoms with E-state index in [1.54, 1.807) is 54.6 Å². The third-order valence-electron chi connectivity index (χ3n) is 5.46. The Kier molecular flexibility index (Phi) is 6.19. The summed E-state index contributed by atoms with van der Waals surface area (Å²) in [5.74, 6) is 0.423. The number of nitriles is 1. The van der Waals surface area contributed by atoms with Crippen molar-refractivity contribution in [1.29, 1.82) is 5.26 Å². The van der Waals surface area contributed by atoms with Gasteiger partial charge in [0.25, 0.3) is 0 Å². The highest BCUT2D eigenvalue weighted by molar-refractivity contribution is 6.41. The molecule has 0 saturated heterocycles. The number of allylic oxidation sites excluding steroid dienone is 2. The summed E-state index contributed by atoms with van der Waals surface area (Å²) in [5, 5.41) is 9.33. The van der Waals surface area contributed by atoms with Crippen molar-refractivity contribution in [2.45, 2.75) is 13.0 Å². The molecule has 0 spiro atoms. The van der Waals surface area contributed by atoms with E-state index >= 15 is 0 Å². The molecule has 3 aromatic carbocycles. The summed E-state index contributed by atoms with van der Waals surface area (Å²) in [6.07, 6.45) is 3.82. The van der Waals surface area contributed by atoms with Gasteiger partial charge >= 0.3 is 0 Å². The smallest absolute Gasteiger partial charge is 0.197 e. The Morgan fingerprint density at radius 3 is 2.27 bits per heavy atom. The average Bonchev–Trinajstić information content (AvgIpc) is 3.08. The van der Waals surface area contributed by atoms with E-state index in [1.165, 1.54) is 7.11 Å². The first-order valence-corrected chi connectivity index (χ1v) is 10.4. The highest BCUT2D eigenvalue weighted by Gasteiger charge is 2.32.